The summed E-state index contributed by atoms with van der Waals surface area (Å²) in [5.74, 6) is 0. The van der Waals surface area contributed by atoms with Crippen LogP contribution < -0.4 is 10.6 Å². The highest BCUT2D eigenvalue weighted by molar-refractivity contribution is 5.99. The minimum Gasteiger partial charge on any atom is -0.308 e. The molecule has 0 fully saturated rings. The minimum atomic E-state index is -4.45. The Labute approximate surface area is 143 Å². The number of fused-ring (bicyclic) bond motifs is 1. The minimum absolute atomic E-state index is 0.0880. The van der Waals surface area contributed by atoms with Crippen LogP contribution in [0.25, 0.3) is 0 Å². The van der Waals surface area contributed by atoms with Gasteiger partial charge >= 0.3 is 12.2 Å². The normalized spacial score (nSPS) is 14.7. The molecule has 7 heteroatoms. The molecule has 25 heavy (non-hydrogen) atoms. The number of hydrogen-bond donors (Lipinski definition) is 2. The predicted octanol–water partition coefficient (Wildman–Crippen LogP) is 4.34. The lowest BCUT2D eigenvalue weighted by Gasteiger charge is -2.25. The number of nitrogens with one attached hydrogen (secondary N) is 2. The Morgan fingerprint density at radius 3 is 2.48 bits per heavy atom. The van der Waals surface area contributed by atoms with Crippen molar-refractivity contribution in [2.45, 2.75) is 19.1 Å². The van der Waals surface area contributed by atoms with Gasteiger partial charge in [0.15, 0.2) is 0 Å². The zero-order chi connectivity index (χ0) is 18.0. The van der Waals surface area contributed by atoms with Gasteiger partial charge in [0.1, 0.15) is 0 Å². The standard InChI is InChI=1S/C18H18F3N3O/c1-24-8-7-12-5-6-16(9-13(12)11-24)23-17(25)22-15-4-2-3-14(10-15)18(19,20)21/h2-6,9-10H,7-8,11H2,1H3,(H2,22,23,25). The summed E-state index contributed by atoms with van der Waals surface area (Å²) in [6.45, 7) is 1.80. The lowest BCUT2D eigenvalue weighted by Crippen LogP contribution is -2.27. The Morgan fingerprint density at radius 2 is 1.76 bits per heavy atom. The van der Waals surface area contributed by atoms with E-state index in [1.54, 1.807) is 6.07 Å². The second-order valence-electron chi connectivity index (χ2n) is 6.13. The Balaban J connectivity index is 1.68. The van der Waals surface area contributed by atoms with E-state index < -0.39 is 17.8 Å². The first-order chi connectivity index (χ1) is 11.8. The monoisotopic (exact) mass is 349 g/mol. The van der Waals surface area contributed by atoms with Crippen LogP contribution in [-0.4, -0.2) is 24.5 Å². The number of likely N-dealkylation sites (N-methyl/N-ethyl adjacent to an activating group) is 1. The maximum Gasteiger partial charge on any atom is 0.416 e. The number of halogens is 3. The van der Waals surface area contributed by atoms with Crippen molar-refractivity contribution in [1.29, 1.82) is 0 Å². The van der Waals surface area contributed by atoms with Crippen LogP contribution in [-0.2, 0) is 19.1 Å². The lowest BCUT2D eigenvalue weighted by molar-refractivity contribution is -0.137. The van der Waals surface area contributed by atoms with Crippen LogP contribution in [0.2, 0.25) is 0 Å². The second kappa shape index (κ2) is 6.76. The molecule has 4 nitrogen and oxygen atoms in total. The molecule has 2 aromatic rings. The zero-order valence-electron chi connectivity index (χ0n) is 13.7. The number of rotatable bonds is 2. The van der Waals surface area contributed by atoms with Crippen molar-refractivity contribution < 1.29 is 18.0 Å². The van der Waals surface area contributed by atoms with E-state index in [1.807, 2.05) is 19.2 Å². The summed E-state index contributed by atoms with van der Waals surface area (Å²) in [6.07, 6.45) is -3.48. The van der Waals surface area contributed by atoms with Crippen LogP contribution in [0.5, 0.6) is 0 Å². The van der Waals surface area contributed by atoms with Crippen LogP contribution in [0.4, 0.5) is 29.3 Å². The fourth-order valence-electron chi connectivity index (χ4n) is 2.84. The first-order valence-electron chi connectivity index (χ1n) is 7.87. The summed E-state index contributed by atoms with van der Waals surface area (Å²) < 4.78 is 38.1. The fourth-order valence-corrected chi connectivity index (χ4v) is 2.84. The topological polar surface area (TPSA) is 44.4 Å². The largest absolute Gasteiger partial charge is 0.416 e. The molecule has 0 radical (unpaired) electrons. The van der Waals surface area contributed by atoms with Gasteiger partial charge < -0.3 is 15.5 Å². The van der Waals surface area contributed by atoms with Gasteiger partial charge in [-0.3, -0.25) is 0 Å². The van der Waals surface area contributed by atoms with Gasteiger partial charge in [-0.1, -0.05) is 12.1 Å². The summed E-state index contributed by atoms with van der Waals surface area (Å²) in [5.41, 5.74) is 2.29. The molecule has 1 aliphatic rings. The molecule has 0 bridgehead atoms. The molecular weight excluding hydrogens is 331 g/mol. The third kappa shape index (κ3) is 4.30. The molecule has 2 amide bonds. The molecule has 0 atom stereocenters. The van der Waals surface area contributed by atoms with E-state index in [0.717, 1.165) is 37.2 Å². The van der Waals surface area contributed by atoms with Crippen molar-refractivity contribution in [3.05, 3.63) is 59.2 Å². The Bertz CT molecular complexity index is 789. The van der Waals surface area contributed by atoms with Crippen LogP contribution in [0, 0.1) is 0 Å². The van der Waals surface area contributed by atoms with E-state index in [4.69, 9.17) is 0 Å². The number of urea groups is 1. The summed E-state index contributed by atoms with van der Waals surface area (Å²) in [5, 5.41) is 5.10. The van der Waals surface area contributed by atoms with E-state index in [1.165, 1.54) is 17.7 Å². The Kier molecular flexibility index (Phi) is 4.67. The predicted molar refractivity (Wildman–Crippen MR) is 90.6 cm³/mol. The van der Waals surface area contributed by atoms with Gasteiger partial charge in [-0.2, -0.15) is 13.2 Å². The van der Waals surface area contributed by atoms with E-state index >= 15 is 0 Å². The van der Waals surface area contributed by atoms with Gasteiger partial charge in [0.05, 0.1) is 5.56 Å². The van der Waals surface area contributed by atoms with E-state index in [2.05, 4.69) is 15.5 Å². The number of carbonyl (C=O) groups is 1. The molecule has 0 spiro atoms. The average molecular weight is 349 g/mol. The van der Waals surface area contributed by atoms with Crippen molar-refractivity contribution in [1.82, 2.24) is 4.90 Å². The number of amides is 2. The highest BCUT2D eigenvalue weighted by Gasteiger charge is 2.30. The Morgan fingerprint density at radius 1 is 1.04 bits per heavy atom. The number of anilines is 2. The van der Waals surface area contributed by atoms with E-state index in [0.29, 0.717) is 5.69 Å². The molecule has 0 unspecified atom stereocenters. The van der Waals surface area contributed by atoms with Crippen molar-refractivity contribution in [2.24, 2.45) is 0 Å². The van der Waals surface area contributed by atoms with Gasteiger partial charge in [-0.25, -0.2) is 4.79 Å². The maximum atomic E-state index is 12.7. The van der Waals surface area contributed by atoms with Gasteiger partial charge in [0.2, 0.25) is 0 Å². The summed E-state index contributed by atoms with van der Waals surface area (Å²) in [4.78, 5) is 14.3. The molecule has 1 aliphatic heterocycles. The SMILES string of the molecule is CN1CCc2ccc(NC(=O)Nc3cccc(C(F)(F)F)c3)cc2C1. The number of alkyl halides is 3. The number of hydrogen-bond acceptors (Lipinski definition) is 2. The summed E-state index contributed by atoms with van der Waals surface area (Å²) in [6, 6.07) is 9.63. The number of carbonyl (C=O) groups excluding carboxylic acids is 1. The maximum absolute atomic E-state index is 12.7. The van der Waals surface area contributed by atoms with Gasteiger partial charge in [-0.15, -0.1) is 0 Å². The molecule has 2 aromatic carbocycles. The van der Waals surface area contributed by atoms with E-state index in [9.17, 15) is 18.0 Å². The molecule has 1 heterocycles. The number of benzene rings is 2. The molecule has 132 valence electrons. The molecule has 0 saturated carbocycles. The molecule has 0 aromatic heterocycles. The summed E-state index contributed by atoms with van der Waals surface area (Å²) >= 11 is 0. The van der Waals surface area contributed by atoms with Crippen molar-refractivity contribution >= 4 is 17.4 Å². The van der Waals surface area contributed by atoms with Gasteiger partial charge in [-0.05, 0) is 54.9 Å². The first-order valence-corrected chi connectivity index (χ1v) is 7.87. The molecule has 0 saturated heterocycles. The van der Waals surface area contributed by atoms with Crippen molar-refractivity contribution in [3.8, 4) is 0 Å². The third-order valence-corrected chi connectivity index (χ3v) is 4.12. The lowest BCUT2D eigenvalue weighted by atomic mass is 9.99. The second-order valence-corrected chi connectivity index (χ2v) is 6.13. The highest BCUT2D eigenvalue weighted by atomic mass is 19.4. The third-order valence-electron chi connectivity index (χ3n) is 4.12. The van der Waals surface area contributed by atoms with Gasteiger partial charge in [0, 0.05) is 24.5 Å². The number of nitrogens with zero attached hydrogens (tertiary/aromatic N) is 1. The van der Waals surface area contributed by atoms with Crippen LogP contribution in [0.1, 0.15) is 16.7 Å². The smallest absolute Gasteiger partial charge is 0.308 e. The Hall–Kier alpha value is -2.54. The molecule has 3 rings (SSSR count). The summed E-state index contributed by atoms with van der Waals surface area (Å²) in [7, 11) is 2.03. The van der Waals surface area contributed by atoms with Crippen LogP contribution in [0.3, 0.4) is 0 Å². The quantitative estimate of drug-likeness (QED) is 0.847. The van der Waals surface area contributed by atoms with Gasteiger partial charge in [0.25, 0.3) is 0 Å². The first kappa shape index (κ1) is 17.3. The molecule has 2 N–H and O–H groups in total. The van der Waals surface area contributed by atoms with Crippen molar-refractivity contribution in [2.75, 3.05) is 24.2 Å². The molecule has 0 aliphatic carbocycles. The van der Waals surface area contributed by atoms with Crippen molar-refractivity contribution in [3.63, 3.8) is 0 Å². The highest BCUT2D eigenvalue weighted by Crippen LogP contribution is 2.30. The van der Waals surface area contributed by atoms with E-state index in [-0.39, 0.29) is 5.69 Å². The molecular formula is C18H18F3N3O. The van der Waals surface area contributed by atoms with Crippen LogP contribution in [0.15, 0.2) is 42.5 Å². The fraction of sp³-hybridized carbons (Fsp3) is 0.278. The zero-order valence-corrected chi connectivity index (χ0v) is 13.7. The average Bonchev–Trinajstić information content (AvgIpc) is 2.53. The van der Waals surface area contributed by atoms with Crippen LogP contribution >= 0.6 is 0 Å².